The molecule has 1 aromatic carbocycles. The number of amides is 2. The van der Waals surface area contributed by atoms with Gasteiger partial charge >= 0.3 is 12.1 Å². The number of likely N-dealkylation sites (tertiary alicyclic amines) is 1. The highest BCUT2D eigenvalue weighted by Crippen LogP contribution is 2.29. The number of ether oxygens (including phenoxy) is 2. The number of nitrogens with zero attached hydrogens (tertiary/aromatic N) is 4. The van der Waals surface area contributed by atoms with Gasteiger partial charge in [0, 0.05) is 25.1 Å². The smallest absolute Gasteiger partial charge is 0.410 e. The number of hydrogen-bond donors (Lipinski definition) is 2. The molecular formula is C20H21N5O8S2. The van der Waals surface area contributed by atoms with Crippen molar-refractivity contribution in [3.8, 4) is 0 Å². The average Bonchev–Trinajstić information content (AvgIpc) is 3.45. The SMILES string of the molecule is CCOC(=O)c1nnc(NC(=O)[C@@H]2C[C@@H](CC(=O)S)CN2C(=O)OCc2ccc([N+](=O)[O-])cc2)s1. The molecule has 0 unspecified atom stereocenters. The molecule has 15 heteroatoms. The highest BCUT2D eigenvalue weighted by molar-refractivity contribution is 7.96. The molecule has 13 nitrogen and oxygen atoms in total. The van der Waals surface area contributed by atoms with Crippen LogP contribution in [-0.2, 0) is 25.7 Å². The lowest BCUT2D eigenvalue weighted by molar-refractivity contribution is -0.384. The van der Waals surface area contributed by atoms with Gasteiger partial charge in [0.2, 0.25) is 16.0 Å². The highest BCUT2D eigenvalue weighted by Gasteiger charge is 2.41. The Kier molecular flexibility index (Phi) is 8.70. The number of non-ortho nitro benzene ring substituents is 1. The van der Waals surface area contributed by atoms with Crippen LogP contribution in [0.15, 0.2) is 24.3 Å². The molecule has 0 spiro atoms. The van der Waals surface area contributed by atoms with E-state index in [-0.39, 0.29) is 59.5 Å². The number of aromatic nitrogens is 2. The summed E-state index contributed by atoms with van der Waals surface area (Å²) in [4.78, 5) is 60.4. The van der Waals surface area contributed by atoms with Crippen LogP contribution in [0.2, 0.25) is 0 Å². The number of nitro benzene ring substituents is 1. The molecule has 0 radical (unpaired) electrons. The monoisotopic (exact) mass is 523 g/mol. The first-order valence-electron chi connectivity index (χ1n) is 10.4. The van der Waals surface area contributed by atoms with E-state index in [4.69, 9.17) is 9.47 Å². The Morgan fingerprint density at radius 3 is 2.57 bits per heavy atom. The van der Waals surface area contributed by atoms with Crippen LogP contribution in [0, 0.1) is 16.0 Å². The predicted octanol–water partition coefficient (Wildman–Crippen LogP) is 2.44. The molecule has 2 heterocycles. The van der Waals surface area contributed by atoms with Gasteiger partial charge in [-0.2, -0.15) is 0 Å². The van der Waals surface area contributed by atoms with Crippen LogP contribution in [0.5, 0.6) is 0 Å². The van der Waals surface area contributed by atoms with Gasteiger partial charge in [0.1, 0.15) is 12.6 Å². The summed E-state index contributed by atoms with van der Waals surface area (Å²) in [5.74, 6) is -1.57. The Labute approximate surface area is 208 Å². The van der Waals surface area contributed by atoms with Crippen molar-refractivity contribution in [1.82, 2.24) is 15.1 Å². The molecule has 1 saturated heterocycles. The third-order valence-electron chi connectivity index (χ3n) is 5.00. The molecule has 0 aliphatic carbocycles. The number of carbonyl (C=O) groups is 4. The summed E-state index contributed by atoms with van der Waals surface area (Å²) in [7, 11) is 0. The zero-order valence-corrected chi connectivity index (χ0v) is 20.1. The van der Waals surface area contributed by atoms with E-state index in [0.29, 0.717) is 5.56 Å². The van der Waals surface area contributed by atoms with Crippen LogP contribution in [-0.4, -0.2) is 62.3 Å². The van der Waals surface area contributed by atoms with Crippen molar-refractivity contribution in [3.05, 3.63) is 45.0 Å². The molecule has 186 valence electrons. The van der Waals surface area contributed by atoms with Gasteiger partial charge in [-0.25, -0.2) is 9.59 Å². The molecule has 35 heavy (non-hydrogen) atoms. The third-order valence-corrected chi connectivity index (χ3v) is 6.00. The minimum absolute atomic E-state index is 0.0357. The Balaban J connectivity index is 1.67. The summed E-state index contributed by atoms with van der Waals surface area (Å²) in [5, 5.41) is 20.4. The molecule has 2 amide bonds. The molecule has 1 aliphatic rings. The first kappa shape index (κ1) is 26.0. The second-order valence-corrected chi connectivity index (χ2v) is 8.94. The zero-order valence-electron chi connectivity index (χ0n) is 18.4. The van der Waals surface area contributed by atoms with Crippen LogP contribution < -0.4 is 5.32 Å². The summed E-state index contributed by atoms with van der Waals surface area (Å²) >= 11 is 4.61. The number of nitro groups is 1. The molecule has 3 rings (SSSR count). The lowest BCUT2D eigenvalue weighted by Crippen LogP contribution is -2.43. The minimum Gasteiger partial charge on any atom is -0.461 e. The Morgan fingerprint density at radius 2 is 1.94 bits per heavy atom. The average molecular weight is 524 g/mol. The van der Waals surface area contributed by atoms with Crippen molar-refractivity contribution in [2.75, 3.05) is 18.5 Å². The molecule has 0 bridgehead atoms. The van der Waals surface area contributed by atoms with Gasteiger partial charge in [-0.05, 0) is 37.0 Å². The number of benzene rings is 1. The predicted molar refractivity (Wildman–Crippen MR) is 125 cm³/mol. The summed E-state index contributed by atoms with van der Waals surface area (Å²) in [6.07, 6.45) is -0.541. The van der Waals surface area contributed by atoms with Gasteiger partial charge in [0.05, 0.1) is 11.5 Å². The molecule has 1 N–H and O–H groups in total. The van der Waals surface area contributed by atoms with Gasteiger partial charge in [-0.15, -0.1) is 22.8 Å². The lowest BCUT2D eigenvalue weighted by Gasteiger charge is -2.22. The van der Waals surface area contributed by atoms with E-state index in [1.54, 1.807) is 6.92 Å². The summed E-state index contributed by atoms with van der Waals surface area (Å²) in [5.41, 5.74) is 0.421. The Bertz CT molecular complexity index is 1120. The van der Waals surface area contributed by atoms with Crippen LogP contribution in [0.3, 0.4) is 0 Å². The molecule has 2 aromatic rings. The zero-order chi connectivity index (χ0) is 25.5. The third kappa shape index (κ3) is 6.95. The molecule has 1 aromatic heterocycles. The normalized spacial score (nSPS) is 17.0. The van der Waals surface area contributed by atoms with Gasteiger partial charge in [-0.1, -0.05) is 11.3 Å². The van der Waals surface area contributed by atoms with Crippen LogP contribution in [0.1, 0.15) is 35.1 Å². The number of nitrogens with one attached hydrogen (secondary N) is 1. The maximum Gasteiger partial charge on any atom is 0.410 e. The molecule has 1 fully saturated rings. The number of anilines is 1. The fourth-order valence-electron chi connectivity index (χ4n) is 3.45. The molecule has 0 saturated carbocycles. The molecule has 1 aliphatic heterocycles. The van der Waals surface area contributed by atoms with E-state index in [9.17, 15) is 29.3 Å². The van der Waals surface area contributed by atoms with Crippen molar-refractivity contribution >= 4 is 57.9 Å². The van der Waals surface area contributed by atoms with Crippen LogP contribution >= 0.6 is 24.0 Å². The second-order valence-electron chi connectivity index (χ2n) is 7.47. The summed E-state index contributed by atoms with van der Waals surface area (Å²) < 4.78 is 10.1. The van der Waals surface area contributed by atoms with Crippen molar-refractivity contribution in [1.29, 1.82) is 0 Å². The van der Waals surface area contributed by atoms with E-state index < -0.39 is 28.9 Å². The van der Waals surface area contributed by atoms with E-state index in [1.165, 1.54) is 29.2 Å². The highest BCUT2D eigenvalue weighted by atomic mass is 32.1. The molecular weight excluding hydrogens is 502 g/mol. The number of rotatable bonds is 9. The largest absolute Gasteiger partial charge is 0.461 e. The van der Waals surface area contributed by atoms with Crippen LogP contribution in [0.4, 0.5) is 15.6 Å². The summed E-state index contributed by atoms with van der Waals surface area (Å²) in [6.45, 7) is 1.72. The van der Waals surface area contributed by atoms with E-state index >= 15 is 0 Å². The minimum atomic E-state index is -0.966. The summed E-state index contributed by atoms with van der Waals surface area (Å²) in [6, 6.07) is 4.52. The number of thiol groups is 1. The van der Waals surface area contributed by atoms with E-state index in [0.717, 1.165) is 11.3 Å². The lowest BCUT2D eigenvalue weighted by atomic mass is 10.0. The second kappa shape index (κ2) is 11.7. The fourth-order valence-corrected chi connectivity index (χ4v) is 4.35. The topological polar surface area (TPSA) is 171 Å². The number of hydrogen-bond acceptors (Lipinski definition) is 11. The Morgan fingerprint density at radius 1 is 1.23 bits per heavy atom. The number of esters is 1. The van der Waals surface area contributed by atoms with Gasteiger partial charge in [0.25, 0.3) is 5.69 Å². The van der Waals surface area contributed by atoms with Crippen molar-refractivity contribution in [2.24, 2.45) is 5.92 Å². The fraction of sp³-hybridized carbons (Fsp3) is 0.400. The van der Waals surface area contributed by atoms with Crippen molar-refractivity contribution in [2.45, 2.75) is 32.4 Å². The molecule has 2 atom stereocenters. The first-order chi connectivity index (χ1) is 16.7. The standard InChI is InChI=1S/C20H21N5O8S2/c1-2-32-18(28)17-22-23-19(35-17)21-16(27)14-7-12(8-15(26)34)9-24(14)20(29)33-10-11-3-5-13(6-4-11)25(30)31/h3-6,12,14H,2,7-10H2,1H3,(H,26,34)(H,21,23,27)/t12-,14-/m0/s1. The van der Waals surface area contributed by atoms with Gasteiger partial charge < -0.3 is 9.47 Å². The Hall–Kier alpha value is -3.59. The van der Waals surface area contributed by atoms with E-state index in [1.807, 2.05) is 0 Å². The van der Waals surface area contributed by atoms with Gasteiger partial charge in [0.15, 0.2) is 5.12 Å². The first-order valence-corrected chi connectivity index (χ1v) is 11.6. The van der Waals surface area contributed by atoms with Crippen molar-refractivity contribution < 1.29 is 33.6 Å². The van der Waals surface area contributed by atoms with Gasteiger partial charge in [-0.3, -0.25) is 29.9 Å². The van der Waals surface area contributed by atoms with Crippen LogP contribution in [0.25, 0.3) is 0 Å². The maximum absolute atomic E-state index is 12.9. The van der Waals surface area contributed by atoms with E-state index in [2.05, 4.69) is 28.1 Å². The number of carbonyl (C=O) groups excluding carboxylic acids is 4. The van der Waals surface area contributed by atoms with Crippen molar-refractivity contribution in [3.63, 3.8) is 0 Å². The maximum atomic E-state index is 12.9. The quantitative estimate of drug-likeness (QED) is 0.215.